The Morgan fingerprint density at radius 1 is 1.44 bits per heavy atom. The predicted octanol–water partition coefficient (Wildman–Crippen LogP) is 3.42. The molecule has 0 radical (unpaired) electrons. The molecule has 1 aromatic heterocycles. The van der Waals surface area contributed by atoms with E-state index in [4.69, 9.17) is 17.3 Å². The van der Waals surface area contributed by atoms with E-state index < -0.39 is 5.91 Å². The van der Waals surface area contributed by atoms with Gasteiger partial charge in [-0.15, -0.1) is 11.3 Å². The van der Waals surface area contributed by atoms with Gasteiger partial charge in [-0.25, -0.2) is 0 Å². The minimum absolute atomic E-state index is 0.449. The lowest BCUT2D eigenvalue weighted by Gasteiger charge is -2.09. The Bertz CT molecular complexity index is 580. The fourth-order valence-corrected chi connectivity index (χ4v) is 2.60. The van der Waals surface area contributed by atoms with E-state index in [0.29, 0.717) is 17.1 Å². The fourth-order valence-electron chi connectivity index (χ4n) is 1.57. The molecule has 3 nitrogen and oxygen atoms in total. The quantitative estimate of drug-likeness (QED) is 0.902. The lowest BCUT2D eigenvalue weighted by atomic mass is 10.2. The van der Waals surface area contributed by atoms with Crippen LogP contribution in [-0.4, -0.2) is 5.91 Å². The number of carbonyl (C=O) groups is 1. The Hall–Kier alpha value is -1.52. The number of nitrogens with one attached hydrogen (secondary N) is 1. The third-order valence-corrected chi connectivity index (χ3v) is 4.01. The van der Waals surface area contributed by atoms with Crippen molar-refractivity contribution in [3.05, 3.63) is 50.7 Å². The van der Waals surface area contributed by atoms with E-state index in [-0.39, 0.29) is 0 Å². The van der Waals surface area contributed by atoms with Crippen molar-refractivity contribution < 1.29 is 4.79 Å². The second-order valence-electron chi connectivity index (χ2n) is 3.94. The van der Waals surface area contributed by atoms with Gasteiger partial charge in [0.2, 0.25) is 5.91 Å². The molecular weight excluding hydrogens is 268 g/mol. The summed E-state index contributed by atoms with van der Waals surface area (Å²) in [4.78, 5) is 12.4. The van der Waals surface area contributed by atoms with E-state index in [1.807, 2.05) is 5.38 Å². The van der Waals surface area contributed by atoms with Crippen LogP contribution in [0.25, 0.3) is 0 Å². The summed E-state index contributed by atoms with van der Waals surface area (Å²) in [5, 5.41) is 5.85. The van der Waals surface area contributed by atoms with E-state index >= 15 is 0 Å². The van der Waals surface area contributed by atoms with Gasteiger partial charge in [0.25, 0.3) is 0 Å². The maximum absolute atomic E-state index is 11.1. The predicted molar refractivity (Wildman–Crippen MR) is 76.4 cm³/mol. The minimum atomic E-state index is -0.456. The van der Waals surface area contributed by atoms with Gasteiger partial charge in [-0.3, -0.25) is 4.79 Å². The molecule has 1 heterocycles. The van der Waals surface area contributed by atoms with Crippen LogP contribution in [0.1, 0.15) is 20.8 Å². The van der Waals surface area contributed by atoms with E-state index in [2.05, 4.69) is 18.3 Å². The van der Waals surface area contributed by atoms with Crippen LogP contribution in [0.3, 0.4) is 0 Å². The Morgan fingerprint density at radius 2 is 2.22 bits per heavy atom. The van der Waals surface area contributed by atoms with Crippen molar-refractivity contribution in [3.63, 3.8) is 0 Å². The first-order valence-corrected chi connectivity index (χ1v) is 6.70. The average molecular weight is 281 g/mol. The van der Waals surface area contributed by atoms with Crippen molar-refractivity contribution in [2.45, 2.75) is 13.5 Å². The van der Waals surface area contributed by atoms with Crippen molar-refractivity contribution in [1.82, 2.24) is 0 Å². The maximum Gasteiger partial charge on any atom is 0.248 e. The number of amides is 1. The molecule has 5 heteroatoms. The Balaban J connectivity index is 2.16. The molecule has 0 aliphatic rings. The van der Waals surface area contributed by atoms with Crippen LogP contribution in [0.15, 0.2) is 29.6 Å². The number of hydrogen-bond acceptors (Lipinski definition) is 3. The van der Waals surface area contributed by atoms with Gasteiger partial charge < -0.3 is 11.1 Å². The molecule has 1 amide bonds. The van der Waals surface area contributed by atoms with Crippen LogP contribution in [-0.2, 0) is 6.54 Å². The molecule has 1 aromatic carbocycles. The summed E-state index contributed by atoms with van der Waals surface area (Å²) >= 11 is 7.76. The molecule has 0 unspecified atom stereocenters. The number of anilines is 1. The third kappa shape index (κ3) is 2.83. The maximum atomic E-state index is 11.1. The first kappa shape index (κ1) is 12.9. The summed E-state index contributed by atoms with van der Waals surface area (Å²) in [5.41, 5.74) is 7.66. The van der Waals surface area contributed by atoms with Crippen LogP contribution >= 0.6 is 22.9 Å². The second kappa shape index (κ2) is 5.42. The van der Waals surface area contributed by atoms with Crippen molar-refractivity contribution in [3.8, 4) is 0 Å². The van der Waals surface area contributed by atoms with E-state index in [1.165, 1.54) is 10.4 Å². The lowest BCUT2D eigenvalue weighted by molar-refractivity contribution is 0.100. The van der Waals surface area contributed by atoms with Gasteiger partial charge in [0.05, 0.1) is 10.7 Å². The zero-order chi connectivity index (χ0) is 13.1. The Kier molecular flexibility index (Phi) is 3.89. The standard InChI is InChI=1S/C13H13ClN2OS/c1-8-4-5-18-12(8)7-16-11-6-9(13(15)17)2-3-10(11)14/h2-6,16H,7H2,1H3,(H2,15,17). The summed E-state index contributed by atoms with van der Waals surface area (Å²) in [5.74, 6) is -0.456. The molecule has 0 atom stereocenters. The lowest BCUT2D eigenvalue weighted by Crippen LogP contribution is -2.11. The highest BCUT2D eigenvalue weighted by Gasteiger charge is 2.06. The first-order chi connectivity index (χ1) is 8.58. The van der Waals surface area contributed by atoms with Gasteiger partial charge in [0, 0.05) is 17.0 Å². The molecule has 0 spiro atoms. The zero-order valence-corrected chi connectivity index (χ0v) is 11.4. The molecule has 0 aliphatic heterocycles. The molecule has 0 fully saturated rings. The average Bonchev–Trinajstić information content (AvgIpc) is 2.73. The zero-order valence-electron chi connectivity index (χ0n) is 9.87. The van der Waals surface area contributed by atoms with Crippen LogP contribution < -0.4 is 11.1 Å². The number of benzene rings is 1. The number of hydrogen-bond donors (Lipinski definition) is 2. The number of nitrogens with two attached hydrogens (primary N) is 1. The van der Waals surface area contributed by atoms with Gasteiger partial charge >= 0.3 is 0 Å². The van der Waals surface area contributed by atoms with Crippen molar-refractivity contribution in [1.29, 1.82) is 0 Å². The monoisotopic (exact) mass is 280 g/mol. The van der Waals surface area contributed by atoms with Gasteiger partial charge in [0.1, 0.15) is 0 Å². The molecule has 2 aromatic rings. The van der Waals surface area contributed by atoms with Crippen LogP contribution in [0.4, 0.5) is 5.69 Å². The van der Waals surface area contributed by atoms with Crippen molar-refractivity contribution in [2.24, 2.45) is 5.73 Å². The number of aryl methyl sites for hydroxylation is 1. The highest BCUT2D eigenvalue weighted by molar-refractivity contribution is 7.10. The summed E-state index contributed by atoms with van der Waals surface area (Å²) in [7, 11) is 0. The number of thiophene rings is 1. The summed E-state index contributed by atoms with van der Waals surface area (Å²) in [6.45, 7) is 2.75. The molecule has 0 saturated heterocycles. The van der Waals surface area contributed by atoms with Gasteiger partial charge in [-0.05, 0) is 42.1 Å². The number of carbonyl (C=O) groups excluding carboxylic acids is 1. The van der Waals surface area contributed by atoms with Crippen LogP contribution in [0.2, 0.25) is 5.02 Å². The largest absolute Gasteiger partial charge is 0.379 e. The second-order valence-corrected chi connectivity index (χ2v) is 5.35. The Labute approximate surface area is 115 Å². The normalized spacial score (nSPS) is 10.3. The molecule has 0 aliphatic carbocycles. The number of primary amides is 1. The Morgan fingerprint density at radius 3 is 2.83 bits per heavy atom. The van der Waals surface area contributed by atoms with E-state index in [9.17, 15) is 4.79 Å². The molecule has 2 rings (SSSR count). The molecule has 0 saturated carbocycles. The van der Waals surface area contributed by atoms with Gasteiger partial charge in [0.15, 0.2) is 0 Å². The van der Waals surface area contributed by atoms with E-state index in [0.717, 1.165) is 5.69 Å². The van der Waals surface area contributed by atoms with Gasteiger partial charge in [-0.1, -0.05) is 11.6 Å². The van der Waals surface area contributed by atoms with Crippen LogP contribution in [0, 0.1) is 6.92 Å². The SMILES string of the molecule is Cc1ccsc1CNc1cc(C(N)=O)ccc1Cl. The molecule has 18 heavy (non-hydrogen) atoms. The highest BCUT2D eigenvalue weighted by Crippen LogP contribution is 2.25. The molecule has 3 N–H and O–H groups in total. The van der Waals surface area contributed by atoms with Crippen LogP contribution in [0.5, 0.6) is 0 Å². The van der Waals surface area contributed by atoms with Gasteiger partial charge in [-0.2, -0.15) is 0 Å². The number of halogens is 1. The number of rotatable bonds is 4. The summed E-state index contributed by atoms with van der Waals surface area (Å²) in [6, 6.07) is 7.04. The summed E-state index contributed by atoms with van der Waals surface area (Å²) in [6.07, 6.45) is 0. The first-order valence-electron chi connectivity index (χ1n) is 5.44. The van der Waals surface area contributed by atoms with Crippen molar-refractivity contribution in [2.75, 3.05) is 5.32 Å². The molecular formula is C13H13ClN2OS. The highest BCUT2D eigenvalue weighted by atomic mass is 35.5. The topological polar surface area (TPSA) is 55.1 Å². The third-order valence-electron chi connectivity index (χ3n) is 2.66. The molecule has 94 valence electrons. The molecule has 0 bridgehead atoms. The smallest absolute Gasteiger partial charge is 0.248 e. The van der Waals surface area contributed by atoms with E-state index in [1.54, 1.807) is 29.5 Å². The minimum Gasteiger partial charge on any atom is -0.379 e. The fraction of sp³-hybridized carbons (Fsp3) is 0.154. The summed E-state index contributed by atoms with van der Waals surface area (Å²) < 4.78 is 0. The van der Waals surface area contributed by atoms with Crippen molar-refractivity contribution >= 4 is 34.5 Å².